The zero-order valence-corrected chi connectivity index (χ0v) is 11.7. The molecule has 0 bridgehead atoms. The molecule has 0 amide bonds. The molecule has 1 aromatic carbocycles. The molecule has 98 valence electrons. The van der Waals surface area contributed by atoms with Crippen LogP contribution in [0.1, 0.15) is 26.5 Å². The minimum atomic E-state index is 0.843. The van der Waals surface area contributed by atoms with Crippen molar-refractivity contribution in [1.29, 1.82) is 0 Å². The SMILES string of the molecule is C/C=C(\OC)c1cc2cc(OC)ccc2[nH]1.CC. The van der Waals surface area contributed by atoms with Crippen LogP contribution in [0.15, 0.2) is 30.3 Å². The number of nitrogens with one attached hydrogen (secondary N) is 1. The van der Waals surface area contributed by atoms with Gasteiger partial charge in [-0.05, 0) is 37.3 Å². The summed E-state index contributed by atoms with van der Waals surface area (Å²) >= 11 is 0. The van der Waals surface area contributed by atoms with E-state index >= 15 is 0 Å². The minimum Gasteiger partial charge on any atom is -0.497 e. The van der Waals surface area contributed by atoms with Crippen molar-refractivity contribution >= 4 is 16.7 Å². The third-order valence-electron chi connectivity index (χ3n) is 2.58. The molecule has 0 aliphatic rings. The molecule has 1 aromatic heterocycles. The molecule has 0 aliphatic heterocycles. The molecule has 0 saturated carbocycles. The minimum absolute atomic E-state index is 0.843. The van der Waals surface area contributed by atoms with Gasteiger partial charge in [-0.1, -0.05) is 13.8 Å². The predicted molar refractivity (Wildman–Crippen MR) is 76.9 cm³/mol. The molecule has 2 rings (SSSR count). The Bertz CT molecular complexity index is 526. The molecule has 3 heteroatoms. The van der Waals surface area contributed by atoms with Crippen LogP contribution >= 0.6 is 0 Å². The maximum atomic E-state index is 5.27. The maximum absolute atomic E-state index is 5.27. The Morgan fingerprint density at radius 3 is 2.44 bits per heavy atom. The van der Waals surface area contributed by atoms with Gasteiger partial charge >= 0.3 is 0 Å². The summed E-state index contributed by atoms with van der Waals surface area (Å²) in [7, 11) is 3.34. The van der Waals surface area contributed by atoms with Crippen LogP contribution in [0.5, 0.6) is 5.75 Å². The van der Waals surface area contributed by atoms with E-state index in [1.165, 1.54) is 0 Å². The van der Waals surface area contributed by atoms with Gasteiger partial charge < -0.3 is 14.5 Å². The number of hydrogen-bond donors (Lipinski definition) is 1. The highest BCUT2D eigenvalue weighted by Gasteiger charge is 2.05. The lowest BCUT2D eigenvalue weighted by Gasteiger charge is -2.00. The number of ether oxygens (including phenoxy) is 2. The Morgan fingerprint density at radius 2 is 1.89 bits per heavy atom. The van der Waals surface area contributed by atoms with Crippen molar-refractivity contribution in [1.82, 2.24) is 4.98 Å². The highest BCUT2D eigenvalue weighted by atomic mass is 16.5. The normalized spacial score (nSPS) is 10.8. The Balaban J connectivity index is 0.000000771. The smallest absolute Gasteiger partial charge is 0.138 e. The van der Waals surface area contributed by atoms with Crippen LogP contribution in [0.4, 0.5) is 0 Å². The number of aromatic amines is 1. The molecule has 0 spiro atoms. The van der Waals surface area contributed by atoms with E-state index in [1.807, 2.05) is 45.0 Å². The monoisotopic (exact) mass is 247 g/mol. The van der Waals surface area contributed by atoms with E-state index in [4.69, 9.17) is 9.47 Å². The molecule has 0 radical (unpaired) electrons. The van der Waals surface area contributed by atoms with Gasteiger partial charge in [0.25, 0.3) is 0 Å². The Morgan fingerprint density at radius 1 is 1.17 bits per heavy atom. The first-order valence-electron chi connectivity index (χ1n) is 6.16. The van der Waals surface area contributed by atoms with Crippen molar-refractivity contribution in [2.75, 3.05) is 14.2 Å². The summed E-state index contributed by atoms with van der Waals surface area (Å²) in [5.41, 5.74) is 2.06. The summed E-state index contributed by atoms with van der Waals surface area (Å²) in [5, 5.41) is 1.12. The first-order valence-corrected chi connectivity index (χ1v) is 6.16. The summed E-state index contributed by atoms with van der Waals surface area (Å²) in [4.78, 5) is 3.30. The number of H-pyrrole nitrogens is 1. The second-order valence-electron chi connectivity index (χ2n) is 3.49. The number of allylic oxidation sites excluding steroid dienone is 1. The average Bonchev–Trinajstić information content (AvgIpc) is 2.84. The average molecular weight is 247 g/mol. The largest absolute Gasteiger partial charge is 0.497 e. The molecule has 0 saturated heterocycles. The number of methoxy groups -OCH3 is 2. The quantitative estimate of drug-likeness (QED) is 0.824. The summed E-state index contributed by atoms with van der Waals surface area (Å²) in [5.74, 6) is 1.70. The van der Waals surface area contributed by atoms with E-state index in [1.54, 1.807) is 14.2 Å². The third kappa shape index (κ3) is 2.86. The lowest BCUT2D eigenvalue weighted by Crippen LogP contribution is -1.85. The molecule has 3 nitrogen and oxygen atoms in total. The van der Waals surface area contributed by atoms with Crippen LogP contribution < -0.4 is 4.74 Å². The first-order chi connectivity index (χ1) is 8.78. The van der Waals surface area contributed by atoms with Crippen LogP contribution in [-0.4, -0.2) is 19.2 Å². The van der Waals surface area contributed by atoms with Gasteiger partial charge in [-0.3, -0.25) is 0 Å². The van der Waals surface area contributed by atoms with Gasteiger partial charge in [-0.15, -0.1) is 0 Å². The Labute approximate surface area is 108 Å². The fourth-order valence-electron chi connectivity index (χ4n) is 1.75. The second-order valence-corrected chi connectivity index (χ2v) is 3.49. The molecular weight excluding hydrogens is 226 g/mol. The van der Waals surface area contributed by atoms with E-state index in [0.29, 0.717) is 0 Å². The fraction of sp³-hybridized carbons (Fsp3) is 0.333. The standard InChI is InChI=1S/C13H15NO2.C2H6/c1-4-13(16-3)12-8-9-7-10(15-2)5-6-11(9)14-12;1-2/h4-8,14H,1-3H3;1-2H3/b13-4-;. The van der Waals surface area contributed by atoms with Crippen LogP contribution in [0, 0.1) is 0 Å². The van der Waals surface area contributed by atoms with Crippen molar-refractivity contribution in [3.05, 3.63) is 36.0 Å². The van der Waals surface area contributed by atoms with Crippen molar-refractivity contribution in [2.24, 2.45) is 0 Å². The lowest BCUT2D eigenvalue weighted by atomic mass is 10.2. The van der Waals surface area contributed by atoms with Gasteiger partial charge in [0.05, 0.1) is 19.9 Å². The predicted octanol–water partition coefficient (Wildman–Crippen LogP) is 4.21. The zero-order valence-electron chi connectivity index (χ0n) is 11.7. The van der Waals surface area contributed by atoms with Crippen molar-refractivity contribution < 1.29 is 9.47 Å². The van der Waals surface area contributed by atoms with Gasteiger partial charge in [0.1, 0.15) is 11.5 Å². The van der Waals surface area contributed by atoms with Gasteiger partial charge in [0.15, 0.2) is 0 Å². The molecule has 0 atom stereocenters. The maximum Gasteiger partial charge on any atom is 0.138 e. The van der Waals surface area contributed by atoms with Crippen molar-refractivity contribution in [2.45, 2.75) is 20.8 Å². The molecule has 1 heterocycles. The summed E-state index contributed by atoms with van der Waals surface area (Å²) in [6.45, 7) is 5.95. The van der Waals surface area contributed by atoms with Crippen LogP contribution in [0.3, 0.4) is 0 Å². The fourth-order valence-corrected chi connectivity index (χ4v) is 1.75. The van der Waals surface area contributed by atoms with E-state index in [9.17, 15) is 0 Å². The van der Waals surface area contributed by atoms with Gasteiger partial charge in [-0.25, -0.2) is 0 Å². The number of aromatic nitrogens is 1. The zero-order chi connectivity index (χ0) is 13.5. The van der Waals surface area contributed by atoms with Crippen molar-refractivity contribution in [3.8, 4) is 5.75 Å². The molecule has 18 heavy (non-hydrogen) atoms. The number of rotatable bonds is 3. The highest BCUT2D eigenvalue weighted by molar-refractivity contribution is 5.85. The van der Waals surface area contributed by atoms with E-state index in [2.05, 4.69) is 11.1 Å². The van der Waals surface area contributed by atoms with E-state index in [0.717, 1.165) is 28.1 Å². The van der Waals surface area contributed by atoms with Crippen LogP contribution in [-0.2, 0) is 4.74 Å². The summed E-state index contributed by atoms with van der Waals surface area (Å²) in [6, 6.07) is 7.99. The summed E-state index contributed by atoms with van der Waals surface area (Å²) < 4.78 is 10.5. The molecular formula is C15H21NO2. The van der Waals surface area contributed by atoms with E-state index in [-0.39, 0.29) is 0 Å². The number of fused-ring (bicyclic) bond motifs is 1. The second kappa shape index (κ2) is 6.74. The third-order valence-corrected chi connectivity index (χ3v) is 2.58. The summed E-state index contributed by atoms with van der Waals surface area (Å²) in [6.07, 6.45) is 1.93. The molecule has 2 aromatic rings. The molecule has 0 unspecified atom stereocenters. The first kappa shape index (κ1) is 14.2. The number of hydrogen-bond acceptors (Lipinski definition) is 2. The molecule has 0 aliphatic carbocycles. The molecule has 1 N–H and O–H groups in total. The van der Waals surface area contributed by atoms with E-state index < -0.39 is 0 Å². The molecule has 0 fully saturated rings. The number of benzene rings is 1. The van der Waals surface area contributed by atoms with Crippen molar-refractivity contribution in [3.63, 3.8) is 0 Å². The topological polar surface area (TPSA) is 34.2 Å². The lowest BCUT2D eigenvalue weighted by molar-refractivity contribution is 0.368. The van der Waals surface area contributed by atoms with Gasteiger partial charge in [0.2, 0.25) is 0 Å². The van der Waals surface area contributed by atoms with Gasteiger partial charge in [0, 0.05) is 10.9 Å². The highest BCUT2D eigenvalue weighted by Crippen LogP contribution is 2.24. The van der Waals surface area contributed by atoms with Crippen LogP contribution in [0.2, 0.25) is 0 Å². The Kier molecular flexibility index (Phi) is 5.31. The van der Waals surface area contributed by atoms with Crippen LogP contribution in [0.25, 0.3) is 16.7 Å². The van der Waals surface area contributed by atoms with Gasteiger partial charge in [-0.2, -0.15) is 0 Å². The Hall–Kier alpha value is -1.90.